The Kier molecular flexibility index (Phi) is 3.37. The van der Waals surface area contributed by atoms with Gasteiger partial charge in [0.1, 0.15) is 0 Å². The molecule has 4 rings (SSSR count). The summed E-state index contributed by atoms with van der Waals surface area (Å²) in [6.45, 7) is 8.51. The maximum atomic E-state index is 4.76. The molecule has 0 aliphatic carbocycles. The fraction of sp³-hybridized carbons (Fsp3) is 0.316. The van der Waals surface area contributed by atoms with Gasteiger partial charge in [-0.25, -0.2) is 9.50 Å². The van der Waals surface area contributed by atoms with Crippen LogP contribution in [0.15, 0.2) is 24.4 Å². The molecule has 0 bridgehead atoms. The zero-order valence-corrected chi connectivity index (χ0v) is 14.5. The van der Waals surface area contributed by atoms with Crippen LogP contribution in [0.3, 0.4) is 0 Å². The minimum absolute atomic E-state index is 0.836. The van der Waals surface area contributed by atoms with Crippen molar-refractivity contribution in [2.45, 2.75) is 40.5 Å². The summed E-state index contributed by atoms with van der Waals surface area (Å²) in [5.74, 6) is 0.887. The number of nitrogens with one attached hydrogen (secondary N) is 1. The van der Waals surface area contributed by atoms with E-state index in [1.165, 1.54) is 16.7 Å². The van der Waals surface area contributed by atoms with Gasteiger partial charge < -0.3 is 0 Å². The summed E-state index contributed by atoms with van der Waals surface area (Å²) in [5.41, 5.74) is 7.96. The van der Waals surface area contributed by atoms with Crippen LogP contribution in [0.2, 0.25) is 0 Å². The van der Waals surface area contributed by atoms with E-state index in [4.69, 9.17) is 10.1 Å². The lowest BCUT2D eigenvalue weighted by Gasteiger charge is -2.12. The van der Waals surface area contributed by atoms with Gasteiger partial charge in [-0.1, -0.05) is 19.9 Å². The summed E-state index contributed by atoms with van der Waals surface area (Å²) in [4.78, 5) is 4.74. The third-order valence-corrected chi connectivity index (χ3v) is 4.63. The monoisotopic (exact) mass is 319 g/mol. The number of aromatic nitrogens is 5. The summed E-state index contributed by atoms with van der Waals surface area (Å²) in [6, 6.07) is 6.61. The number of pyridine rings is 1. The zero-order valence-electron chi connectivity index (χ0n) is 14.5. The molecule has 122 valence electrons. The number of H-pyrrole nitrogens is 1. The second-order valence-electron chi connectivity index (χ2n) is 6.30. The Hall–Kier alpha value is -2.69. The number of rotatable bonds is 3. The second kappa shape index (κ2) is 5.44. The van der Waals surface area contributed by atoms with E-state index in [1.54, 1.807) is 0 Å². The molecule has 1 N–H and O–H groups in total. The molecule has 0 unspecified atom stereocenters. The van der Waals surface area contributed by atoms with Crippen LogP contribution in [-0.4, -0.2) is 24.8 Å². The van der Waals surface area contributed by atoms with E-state index >= 15 is 0 Å². The van der Waals surface area contributed by atoms with Crippen molar-refractivity contribution in [2.24, 2.45) is 0 Å². The fourth-order valence-electron chi connectivity index (χ4n) is 3.41. The summed E-state index contributed by atoms with van der Waals surface area (Å²) in [5, 5.41) is 13.1. The van der Waals surface area contributed by atoms with Crippen LogP contribution >= 0.6 is 0 Å². The van der Waals surface area contributed by atoms with E-state index in [0.29, 0.717) is 0 Å². The number of benzene rings is 1. The van der Waals surface area contributed by atoms with Crippen molar-refractivity contribution in [1.82, 2.24) is 24.8 Å². The highest BCUT2D eigenvalue weighted by molar-refractivity contribution is 5.87. The van der Waals surface area contributed by atoms with Gasteiger partial charge in [-0.2, -0.15) is 10.2 Å². The smallest absolute Gasteiger partial charge is 0.159 e. The summed E-state index contributed by atoms with van der Waals surface area (Å²) in [6.07, 6.45) is 3.66. The molecule has 5 nitrogen and oxygen atoms in total. The van der Waals surface area contributed by atoms with Crippen LogP contribution in [0.5, 0.6) is 0 Å². The van der Waals surface area contributed by atoms with Crippen LogP contribution in [0, 0.1) is 13.8 Å². The molecule has 0 radical (unpaired) electrons. The second-order valence-corrected chi connectivity index (χ2v) is 6.30. The number of hydrogen-bond acceptors (Lipinski definition) is 3. The maximum absolute atomic E-state index is 4.76. The average molecular weight is 319 g/mol. The molecular formula is C19H21N5. The molecular weight excluding hydrogens is 298 g/mol. The Labute approximate surface area is 140 Å². The SMILES string of the molecule is CCc1nc2c(CC)cc(C)c(-c3cc(C)c4[nH]ncc4c3)n2n1. The minimum Gasteiger partial charge on any atom is -0.278 e. The van der Waals surface area contributed by atoms with Crippen LogP contribution in [0.1, 0.15) is 36.4 Å². The van der Waals surface area contributed by atoms with Gasteiger partial charge in [-0.05, 0) is 49.1 Å². The number of aromatic amines is 1. The van der Waals surface area contributed by atoms with Crippen molar-refractivity contribution >= 4 is 16.6 Å². The van der Waals surface area contributed by atoms with Gasteiger partial charge in [0, 0.05) is 17.4 Å². The van der Waals surface area contributed by atoms with Crippen molar-refractivity contribution in [1.29, 1.82) is 0 Å². The summed E-state index contributed by atoms with van der Waals surface area (Å²) in [7, 11) is 0. The zero-order chi connectivity index (χ0) is 16.8. The van der Waals surface area contributed by atoms with Gasteiger partial charge in [0.2, 0.25) is 0 Å². The molecule has 0 saturated carbocycles. The van der Waals surface area contributed by atoms with Gasteiger partial charge in [-0.3, -0.25) is 5.10 Å². The quantitative estimate of drug-likeness (QED) is 0.620. The van der Waals surface area contributed by atoms with Crippen LogP contribution < -0.4 is 0 Å². The van der Waals surface area contributed by atoms with Crippen molar-refractivity contribution in [2.75, 3.05) is 0 Å². The summed E-state index contributed by atoms with van der Waals surface area (Å²) < 4.78 is 2.02. The molecule has 4 aromatic rings. The van der Waals surface area contributed by atoms with Gasteiger partial charge in [0.15, 0.2) is 11.5 Å². The van der Waals surface area contributed by atoms with Gasteiger partial charge in [0.25, 0.3) is 0 Å². The molecule has 0 fully saturated rings. The predicted octanol–water partition coefficient (Wildman–Crippen LogP) is 4.01. The normalized spacial score (nSPS) is 11.7. The molecule has 0 atom stereocenters. The third-order valence-electron chi connectivity index (χ3n) is 4.63. The lowest BCUT2D eigenvalue weighted by Crippen LogP contribution is -2.01. The van der Waals surface area contributed by atoms with E-state index < -0.39 is 0 Å². The molecule has 0 spiro atoms. The molecule has 0 saturated heterocycles. The third kappa shape index (κ3) is 2.12. The first kappa shape index (κ1) is 14.9. The number of hydrogen-bond donors (Lipinski definition) is 1. The first-order valence-electron chi connectivity index (χ1n) is 8.44. The van der Waals surface area contributed by atoms with Crippen molar-refractivity contribution in [3.05, 3.63) is 46.9 Å². The summed E-state index contributed by atoms with van der Waals surface area (Å²) >= 11 is 0. The number of aryl methyl sites for hydroxylation is 4. The highest BCUT2D eigenvalue weighted by Crippen LogP contribution is 2.30. The number of fused-ring (bicyclic) bond motifs is 2. The Morgan fingerprint density at radius 2 is 1.88 bits per heavy atom. The molecule has 0 amide bonds. The largest absolute Gasteiger partial charge is 0.278 e. The average Bonchev–Trinajstić information content (AvgIpc) is 3.20. The lowest BCUT2D eigenvalue weighted by atomic mass is 10.0. The molecule has 24 heavy (non-hydrogen) atoms. The molecule has 0 aliphatic heterocycles. The standard InChI is InChI=1S/C19H21N5/c1-5-13-8-12(4)18(24-19(13)21-16(6-2)23-24)14-7-11(3)17-15(9-14)10-20-22-17/h7-10H,5-6H2,1-4H3,(H,20,22). The molecule has 1 aromatic carbocycles. The number of nitrogens with zero attached hydrogens (tertiary/aromatic N) is 4. The van der Waals surface area contributed by atoms with E-state index in [-0.39, 0.29) is 0 Å². The van der Waals surface area contributed by atoms with Gasteiger partial charge in [-0.15, -0.1) is 0 Å². The van der Waals surface area contributed by atoms with E-state index in [0.717, 1.165) is 46.5 Å². The Bertz CT molecular complexity index is 1050. The molecule has 0 aliphatic rings. The van der Waals surface area contributed by atoms with Gasteiger partial charge in [0.05, 0.1) is 17.4 Å². The van der Waals surface area contributed by atoms with Crippen LogP contribution in [0.4, 0.5) is 0 Å². The molecule has 5 heteroatoms. The Morgan fingerprint density at radius 3 is 2.62 bits per heavy atom. The van der Waals surface area contributed by atoms with Crippen LogP contribution in [-0.2, 0) is 12.8 Å². The first-order chi connectivity index (χ1) is 11.6. The predicted molar refractivity (Wildman–Crippen MR) is 96.3 cm³/mol. The van der Waals surface area contributed by atoms with E-state index in [9.17, 15) is 0 Å². The lowest BCUT2D eigenvalue weighted by molar-refractivity contribution is 0.884. The Morgan fingerprint density at radius 1 is 1.04 bits per heavy atom. The molecule has 3 aromatic heterocycles. The van der Waals surface area contributed by atoms with Crippen molar-refractivity contribution < 1.29 is 0 Å². The highest BCUT2D eigenvalue weighted by atomic mass is 15.3. The topological polar surface area (TPSA) is 58.9 Å². The maximum Gasteiger partial charge on any atom is 0.159 e. The van der Waals surface area contributed by atoms with Crippen molar-refractivity contribution in [3.63, 3.8) is 0 Å². The fourth-order valence-corrected chi connectivity index (χ4v) is 3.41. The first-order valence-corrected chi connectivity index (χ1v) is 8.44. The minimum atomic E-state index is 0.836. The van der Waals surface area contributed by atoms with Crippen molar-refractivity contribution in [3.8, 4) is 11.3 Å². The van der Waals surface area contributed by atoms with Crippen LogP contribution in [0.25, 0.3) is 27.8 Å². The highest BCUT2D eigenvalue weighted by Gasteiger charge is 2.16. The van der Waals surface area contributed by atoms with E-state index in [2.05, 4.69) is 56.1 Å². The van der Waals surface area contributed by atoms with Gasteiger partial charge >= 0.3 is 0 Å². The molecule has 3 heterocycles. The Balaban J connectivity index is 2.07. The van der Waals surface area contributed by atoms with E-state index in [1.807, 2.05) is 10.7 Å².